The van der Waals surface area contributed by atoms with Gasteiger partial charge in [-0.05, 0) is 59.4 Å². The zero-order valence-electron chi connectivity index (χ0n) is 19.3. The van der Waals surface area contributed by atoms with E-state index in [1.54, 1.807) is 42.6 Å². The Morgan fingerprint density at radius 2 is 1.68 bits per heavy atom. The Morgan fingerprint density at radius 3 is 2.38 bits per heavy atom. The average molecular weight is 476 g/mol. The number of hydrogen-bond acceptors (Lipinski definition) is 4. The summed E-state index contributed by atoms with van der Waals surface area (Å²) in [6.07, 6.45) is 2.30. The molecule has 4 aromatic rings. The highest BCUT2D eigenvalue weighted by Crippen LogP contribution is 2.31. The van der Waals surface area contributed by atoms with E-state index in [9.17, 15) is 13.2 Å². The summed E-state index contributed by atoms with van der Waals surface area (Å²) >= 11 is 0. The van der Waals surface area contributed by atoms with Crippen LogP contribution in [-0.2, 0) is 14.8 Å². The molecule has 0 aliphatic heterocycles. The van der Waals surface area contributed by atoms with Crippen molar-refractivity contribution >= 4 is 26.8 Å². The van der Waals surface area contributed by atoms with Crippen molar-refractivity contribution in [2.24, 2.45) is 11.7 Å². The van der Waals surface area contributed by atoms with Gasteiger partial charge in [-0.3, -0.25) is 4.79 Å². The smallest absolute Gasteiger partial charge is 0.268 e. The molecule has 0 saturated heterocycles. The molecule has 0 unspecified atom stereocenters. The Kier molecular flexibility index (Phi) is 6.86. The maximum absolute atomic E-state index is 13.1. The van der Waals surface area contributed by atoms with E-state index in [-0.39, 0.29) is 23.4 Å². The summed E-state index contributed by atoms with van der Waals surface area (Å²) in [5.41, 5.74) is 9.01. The van der Waals surface area contributed by atoms with Crippen LogP contribution < -0.4 is 11.1 Å². The molecule has 0 aliphatic rings. The van der Waals surface area contributed by atoms with Gasteiger partial charge in [0.25, 0.3) is 10.0 Å². The van der Waals surface area contributed by atoms with Crippen LogP contribution in [-0.4, -0.2) is 25.0 Å². The van der Waals surface area contributed by atoms with Gasteiger partial charge >= 0.3 is 0 Å². The fourth-order valence-corrected chi connectivity index (χ4v) is 5.61. The first-order valence-electron chi connectivity index (χ1n) is 11.3. The number of nitrogens with zero attached hydrogens (tertiary/aromatic N) is 1. The first-order chi connectivity index (χ1) is 16.3. The van der Waals surface area contributed by atoms with Gasteiger partial charge in [0.1, 0.15) is 0 Å². The Balaban J connectivity index is 1.71. The van der Waals surface area contributed by atoms with Crippen LogP contribution in [0.25, 0.3) is 22.0 Å². The van der Waals surface area contributed by atoms with Crippen molar-refractivity contribution in [3.63, 3.8) is 0 Å². The van der Waals surface area contributed by atoms with Crippen molar-refractivity contribution < 1.29 is 13.2 Å². The van der Waals surface area contributed by atoms with Gasteiger partial charge in [0.2, 0.25) is 5.91 Å². The third-order valence-electron chi connectivity index (χ3n) is 5.88. The predicted molar refractivity (Wildman–Crippen MR) is 136 cm³/mol. The molecule has 1 heterocycles. The number of aromatic nitrogens is 1. The summed E-state index contributed by atoms with van der Waals surface area (Å²) in [5, 5.41) is 3.56. The van der Waals surface area contributed by atoms with Crippen molar-refractivity contribution in [3.05, 3.63) is 90.6 Å². The number of nitrogens with two attached hydrogens (primary N) is 1. The molecule has 0 aliphatic carbocycles. The zero-order valence-corrected chi connectivity index (χ0v) is 20.1. The summed E-state index contributed by atoms with van der Waals surface area (Å²) in [6, 6.07) is 23.9. The highest BCUT2D eigenvalue weighted by atomic mass is 32.2. The lowest BCUT2D eigenvalue weighted by atomic mass is 9.88. The second-order valence-electron chi connectivity index (χ2n) is 8.76. The number of carbonyl (C=O) groups excluding carboxylic acids is 1. The van der Waals surface area contributed by atoms with Crippen LogP contribution >= 0.6 is 0 Å². The summed E-state index contributed by atoms with van der Waals surface area (Å²) < 4.78 is 27.5. The summed E-state index contributed by atoms with van der Waals surface area (Å²) in [7, 11) is -3.68. The Labute approximate surface area is 200 Å². The minimum absolute atomic E-state index is 0.0769. The van der Waals surface area contributed by atoms with E-state index in [0.29, 0.717) is 17.9 Å². The quantitative estimate of drug-likeness (QED) is 0.361. The summed E-state index contributed by atoms with van der Waals surface area (Å²) in [4.78, 5) is 12.9. The summed E-state index contributed by atoms with van der Waals surface area (Å²) in [6.45, 7) is 4.29. The maximum atomic E-state index is 13.1. The molecule has 1 aromatic heterocycles. The normalized spacial score (nSPS) is 12.7. The minimum Gasteiger partial charge on any atom is -0.343 e. The lowest BCUT2D eigenvalue weighted by molar-refractivity contribution is -0.122. The monoisotopic (exact) mass is 475 g/mol. The van der Waals surface area contributed by atoms with Crippen LogP contribution in [0.3, 0.4) is 0 Å². The molecule has 6 nitrogen and oxygen atoms in total. The minimum atomic E-state index is -3.68. The summed E-state index contributed by atoms with van der Waals surface area (Å²) in [5.74, 6) is -0.0174. The van der Waals surface area contributed by atoms with E-state index in [0.717, 1.165) is 22.1 Å². The third kappa shape index (κ3) is 4.76. The molecule has 0 bridgehead atoms. The second kappa shape index (κ2) is 9.83. The molecule has 7 heteroatoms. The molecule has 3 aromatic carbocycles. The van der Waals surface area contributed by atoms with Gasteiger partial charge in [-0.25, -0.2) is 12.4 Å². The average Bonchev–Trinajstić information content (AvgIpc) is 3.27. The van der Waals surface area contributed by atoms with Crippen molar-refractivity contribution in [1.82, 2.24) is 9.29 Å². The van der Waals surface area contributed by atoms with Crippen LogP contribution in [0.1, 0.15) is 31.7 Å². The van der Waals surface area contributed by atoms with Gasteiger partial charge in [-0.15, -0.1) is 0 Å². The molecule has 34 heavy (non-hydrogen) atoms. The SMILES string of the molecule is CC(C)C[C@@H](C(=O)NCN)c1cccc(-c2ccc3c(ccn3S(=O)(=O)c3ccccc3)c2)c1. The Hall–Kier alpha value is -3.42. The highest BCUT2D eigenvalue weighted by Gasteiger charge is 2.22. The predicted octanol–water partition coefficient (Wildman–Crippen LogP) is 4.71. The molecule has 4 rings (SSSR count). The van der Waals surface area contributed by atoms with Gasteiger partial charge in [-0.1, -0.05) is 62.4 Å². The lowest BCUT2D eigenvalue weighted by Crippen LogP contribution is -2.34. The van der Waals surface area contributed by atoms with E-state index in [2.05, 4.69) is 19.2 Å². The largest absolute Gasteiger partial charge is 0.343 e. The molecule has 0 spiro atoms. The maximum Gasteiger partial charge on any atom is 0.268 e. The molecule has 176 valence electrons. The van der Waals surface area contributed by atoms with E-state index in [1.165, 1.54) is 3.97 Å². The van der Waals surface area contributed by atoms with Crippen LogP contribution in [0, 0.1) is 5.92 Å². The van der Waals surface area contributed by atoms with Gasteiger partial charge in [0.15, 0.2) is 0 Å². The van der Waals surface area contributed by atoms with Crippen LogP contribution in [0.4, 0.5) is 0 Å². The topological polar surface area (TPSA) is 94.2 Å². The molecule has 0 radical (unpaired) electrons. The van der Waals surface area contributed by atoms with E-state index >= 15 is 0 Å². The molecule has 0 fully saturated rings. The molecule has 1 atom stereocenters. The fraction of sp³-hybridized carbons (Fsp3) is 0.222. The number of nitrogens with one attached hydrogen (secondary N) is 1. The number of benzene rings is 3. The van der Waals surface area contributed by atoms with E-state index in [1.807, 2.05) is 42.5 Å². The van der Waals surface area contributed by atoms with Crippen molar-refractivity contribution in [2.75, 3.05) is 6.67 Å². The van der Waals surface area contributed by atoms with Gasteiger partial charge in [0, 0.05) is 11.6 Å². The molecule has 0 saturated carbocycles. The van der Waals surface area contributed by atoms with Crippen LogP contribution in [0.2, 0.25) is 0 Å². The molecular formula is C27H29N3O3S. The molecular weight excluding hydrogens is 446 g/mol. The fourth-order valence-electron chi connectivity index (χ4n) is 4.24. The standard InChI is InChI=1S/C27H29N3O3S/c1-19(2)15-25(27(31)29-18-28)22-8-6-7-20(16-22)21-11-12-26-23(17-21)13-14-30(26)34(32,33)24-9-4-3-5-10-24/h3-14,16-17,19,25H,15,18,28H2,1-2H3,(H,29,31)/t25-/m1/s1. The first kappa shape index (κ1) is 23.7. The van der Waals surface area contributed by atoms with Crippen LogP contribution in [0.5, 0.6) is 0 Å². The van der Waals surface area contributed by atoms with Crippen LogP contribution in [0.15, 0.2) is 90.0 Å². The van der Waals surface area contributed by atoms with Gasteiger partial charge < -0.3 is 11.1 Å². The van der Waals surface area contributed by atoms with Crippen molar-refractivity contribution in [2.45, 2.75) is 31.1 Å². The number of fused-ring (bicyclic) bond motifs is 1. The van der Waals surface area contributed by atoms with E-state index in [4.69, 9.17) is 5.73 Å². The number of carbonyl (C=O) groups is 1. The number of amides is 1. The number of rotatable bonds is 8. The van der Waals surface area contributed by atoms with Gasteiger partial charge in [-0.2, -0.15) is 0 Å². The zero-order chi connectivity index (χ0) is 24.3. The second-order valence-corrected chi connectivity index (χ2v) is 10.6. The first-order valence-corrected chi connectivity index (χ1v) is 12.7. The third-order valence-corrected chi connectivity index (χ3v) is 7.58. The molecule has 1 amide bonds. The van der Waals surface area contributed by atoms with Gasteiger partial charge in [0.05, 0.1) is 23.0 Å². The number of hydrogen-bond donors (Lipinski definition) is 2. The van der Waals surface area contributed by atoms with Crippen molar-refractivity contribution in [3.8, 4) is 11.1 Å². The van der Waals surface area contributed by atoms with E-state index < -0.39 is 10.0 Å². The molecule has 3 N–H and O–H groups in total. The van der Waals surface area contributed by atoms with Crippen molar-refractivity contribution in [1.29, 1.82) is 0 Å². The lowest BCUT2D eigenvalue weighted by Gasteiger charge is -2.19. The Bertz CT molecular complexity index is 1410. The highest BCUT2D eigenvalue weighted by molar-refractivity contribution is 7.90. The Morgan fingerprint density at radius 1 is 0.941 bits per heavy atom.